The van der Waals surface area contributed by atoms with Gasteiger partial charge in [-0.3, -0.25) is 0 Å². The normalized spacial score (nSPS) is 17.5. The lowest BCUT2D eigenvalue weighted by Gasteiger charge is -2.29. The van der Waals surface area contributed by atoms with E-state index in [0.717, 1.165) is 42.4 Å². The highest BCUT2D eigenvalue weighted by molar-refractivity contribution is 5.80. The van der Waals surface area contributed by atoms with Crippen LogP contribution in [0.15, 0.2) is 30.3 Å². The number of ether oxygens (including phenoxy) is 1. The van der Waals surface area contributed by atoms with E-state index in [2.05, 4.69) is 29.1 Å². The Morgan fingerprint density at radius 3 is 2.80 bits per heavy atom. The van der Waals surface area contributed by atoms with Gasteiger partial charge in [0.05, 0.1) is 5.52 Å². The lowest BCUT2D eigenvalue weighted by Crippen LogP contribution is -2.36. The summed E-state index contributed by atoms with van der Waals surface area (Å²) in [6.07, 6.45) is 2.36. The molecule has 0 spiro atoms. The average molecular weight is 271 g/mol. The van der Waals surface area contributed by atoms with Gasteiger partial charge in [-0.05, 0) is 32.0 Å². The molecule has 0 bridgehead atoms. The summed E-state index contributed by atoms with van der Waals surface area (Å²) in [5.41, 5.74) is 7.79. The maximum Gasteiger partial charge on any atom is 0.218 e. The number of piperidine rings is 1. The first-order valence-corrected chi connectivity index (χ1v) is 7.20. The zero-order valence-corrected chi connectivity index (χ0v) is 11.9. The standard InChI is InChI=1S/C16H21N3O/c1-19-8-6-14(7-9-19)20-16-13(11-17)10-12-4-2-3-5-15(12)18-16/h2-5,10,14H,6-9,11,17H2,1H3. The van der Waals surface area contributed by atoms with Crippen LogP contribution >= 0.6 is 0 Å². The predicted octanol–water partition coefficient (Wildman–Crippen LogP) is 2.17. The highest BCUT2D eigenvalue weighted by Gasteiger charge is 2.19. The van der Waals surface area contributed by atoms with E-state index in [-0.39, 0.29) is 6.10 Å². The number of rotatable bonds is 3. The number of nitrogens with zero attached hydrogens (tertiary/aromatic N) is 2. The first-order valence-electron chi connectivity index (χ1n) is 7.20. The van der Waals surface area contributed by atoms with E-state index in [4.69, 9.17) is 10.5 Å². The van der Waals surface area contributed by atoms with Crippen molar-refractivity contribution in [3.63, 3.8) is 0 Å². The van der Waals surface area contributed by atoms with Crippen LogP contribution in [0.4, 0.5) is 0 Å². The maximum absolute atomic E-state index is 6.12. The summed E-state index contributed by atoms with van der Waals surface area (Å²) in [6.45, 7) is 2.62. The number of hydrogen-bond acceptors (Lipinski definition) is 4. The average Bonchev–Trinajstić information content (AvgIpc) is 2.49. The molecule has 1 aliphatic rings. The number of pyridine rings is 1. The van der Waals surface area contributed by atoms with E-state index >= 15 is 0 Å². The number of fused-ring (bicyclic) bond motifs is 1. The summed E-state index contributed by atoms with van der Waals surface area (Å²) in [5, 5.41) is 1.11. The molecule has 4 heteroatoms. The lowest BCUT2D eigenvalue weighted by molar-refractivity contribution is 0.109. The summed E-state index contributed by atoms with van der Waals surface area (Å²) in [6, 6.07) is 10.2. The Kier molecular flexibility index (Phi) is 3.85. The molecule has 20 heavy (non-hydrogen) atoms. The van der Waals surface area contributed by atoms with Gasteiger partial charge in [0.15, 0.2) is 0 Å². The minimum atomic E-state index is 0.255. The summed E-state index contributed by atoms with van der Waals surface area (Å²) < 4.78 is 6.12. The highest BCUT2D eigenvalue weighted by atomic mass is 16.5. The van der Waals surface area contributed by atoms with Crippen LogP contribution in [0.5, 0.6) is 5.88 Å². The van der Waals surface area contributed by atoms with E-state index in [1.165, 1.54) is 0 Å². The van der Waals surface area contributed by atoms with Crippen LogP contribution in [0.25, 0.3) is 10.9 Å². The second-order valence-electron chi connectivity index (χ2n) is 5.47. The van der Waals surface area contributed by atoms with Gasteiger partial charge in [-0.15, -0.1) is 0 Å². The van der Waals surface area contributed by atoms with Gasteiger partial charge in [0.2, 0.25) is 5.88 Å². The molecule has 1 aromatic carbocycles. The smallest absolute Gasteiger partial charge is 0.218 e. The number of nitrogens with two attached hydrogens (primary N) is 1. The second kappa shape index (κ2) is 5.77. The van der Waals surface area contributed by atoms with Crippen LogP contribution in [0, 0.1) is 0 Å². The number of hydrogen-bond donors (Lipinski definition) is 1. The summed E-state index contributed by atoms with van der Waals surface area (Å²) in [5.74, 6) is 0.709. The van der Waals surface area contributed by atoms with Crippen molar-refractivity contribution >= 4 is 10.9 Å². The fraction of sp³-hybridized carbons (Fsp3) is 0.438. The Morgan fingerprint density at radius 2 is 2.05 bits per heavy atom. The van der Waals surface area contributed by atoms with Crippen molar-refractivity contribution in [3.8, 4) is 5.88 Å². The Bertz CT molecular complexity index is 591. The first kappa shape index (κ1) is 13.3. The first-order chi connectivity index (χ1) is 9.76. The van der Waals surface area contributed by atoms with Crippen molar-refractivity contribution < 1.29 is 4.74 Å². The molecule has 2 heterocycles. The molecule has 0 saturated carbocycles. The molecule has 0 aliphatic carbocycles. The molecule has 0 amide bonds. The number of para-hydroxylation sites is 1. The summed E-state index contributed by atoms with van der Waals surface area (Å²) >= 11 is 0. The van der Waals surface area contributed by atoms with Crippen LogP contribution in [0.2, 0.25) is 0 Å². The SMILES string of the molecule is CN1CCC(Oc2nc3ccccc3cc2CN)CC1. The Balaban J connectivity index is 1.86. The van der Waals surface area contributed by atoms with E-state index in [1.807, 2.05) is 18.2 Å². The van der Waals surface area contributed by atoms with Crippen molar-refractivity contribution in [1.29, 1.82) is 0 Å². The number of aromatic nitrogens is 1. The van der Waals surface area contributed by atoms with E-state index < -0.39 is 0 Å². The fourth-order valence-corrected chi connectivity index (χ4v) is 2.65. The zero-order valence-electron chi connectivity index (χ0n) is 11.9. The molecule has 2 aromatic rings. The monoisotopic (exact) mass is 271 g/mol. The highest BCUT2D eigenvalue weighted by Crippen LogP contribution is 2.24. The topological polar surface area (TPSA) is 51.4 Å². The molecular weight excluding hydrogens is 250 g/mol. The Labute approximate surface area is 119 Å². The maximum atomic E-state index is 6.12. The molecule has 2 N–H and O–H groups in total. The van der Waals surface area contributed by atoms with Gasteiger partial charge in [-0.25, -0.2) is 4.98 Å². The van der Waals surface area contributed by atoms with E-state index in [9.17, 15) is 0 Å². The molecule has 0 atom stereocenters. The molecule has 1 fully saturated rings. The van der Waals surface area contributed by atoms with Gasteiger partial charge < -0.3 is 15.4 Å². The minimum Gasteiger partial charge on any atom is -0.474 e. The molecular formula is C16H21N3O. The van der Waals surface area contributed by atoms with E-state index in [1.54, 1.807) is 0 Å². The lowest BCUT2D eigenvalue weighted by atomic mass is 10.1. The fourth-order valence-electron chi connectivity index (χ4n) is 2.65. The van der Waals surface area contributed by atoms with Crippen LogP contribution < -0.4 is 10.5 Å². The summed E-state index contributed by atoms with van der Waals surface area (Å²) in [7, 11) is 2.15. The third-order valence-electron chi connectivity index (χ3n) is 3.93. The zero-order chi connectivity index (χ0) is 13.9. The van der Waals surface area contributed by atoms with E-state index in [0.29, 0.717) is 12.4 Å². The van der Waals surface area contributed by atoms with Crippen molar-refractivity contribution in [2.75, 3.05) is 20.1 Å². The third kappa shape index (κ3) is 2.76. The van der Waals surface area contributed by atoms with Crippen LogP contribution in [0.3, 0.4) is 0 Å². The quantitative estimate of drug-likeness (QED) is 0.929. The molecule has 1 aliphatic heterocycles. The van der Waals surface area contributed by atoms with Gasteiger partial charge in [-0.2, -0.15) is 0 Å². The number of benzene rings is 1. The van der Waals surface area contributed by atoms with Crippen molar-refractivity contribution in [2.24, 2.45) is 5.73 Å². The minimum absolute atomic E-state index is 0.255. The van der Waals surface area contributed by atoms with Crippen LogP contribution in [-0.4, -0.2) is 36.1 Å². The van der Waals surface area contributed by atoms with Crippen molar-refractivity contribution in [1.82, 2.24) is 9.88 Å². The second-order valence-corrected chi connectivity index (χ2v) is 5.47. The van der Waals surface area contributed by atoms with Crippen molar-refractivity contribution in [3.05, 3.63) is 35.9 Å². The summed E-state index contributed by atoms with van der Waals surface area (Å²) in [4.78, 5) is 6.97. The van der Waals surface area contributed by atoms with Crippen LogP contribution in [-0.2, 0) is 6.54 Å². The molecule has 106 valence electrons. The molecule has 4 nitrogen and oxygen atoms in total. The van der Waals surface area contributed by atoms with Crippen molar-refractivity contribution in [2.45, 2.75) is 25.5 Å². The van der Waals surface area contributed by atoms with Crippen LogP contribution in [0.1, 0.15) is 18.4 Å². The van der Waals surface area contributed by atoms with Gasteiger partial charge >= 0.3 is 0 Å². The largest absolute Gasteiger partial charge is 0.474 e. The number of likely N-dealkylation sites (tertiary alicyclic amines) is 1. The van der Waals surface area contributed by atoms with Gasteiger partial charge in [-0.1, -0.05) is 18.2 Å². The van der Waals surface area contributed by atoms with Gasteiger partial charge in [0.1, 0.15) is 6.10 Å². The van der Waals surface area contributed by atoms with Gasteiger partial charge in [0, 0.05) is 30.6 Å². The Hall–Kier alpha value is -1.65. The molecule has 1 saturated heterocycles. The third-order valence-corrected chi connectivity index (χ3v) is 3.93. The molecule has 3 rings (SSSR count). The van der Waals surface area contributed by atoms with Gasteiger partial charge in [0.25, 0.3) is 0 Å². The molecule has 0 radical (unpaired) electrons. The molecule has 0 unspecified atom stereocenters. The molecule has 1 aromatic heterocycles. The predicted molar refractivity (Wildman–Crippen MR) is 80.8 cm³/mol. The Morgan fingerprint density at radius 1 is 1.30 bits per heavy atom.